The van der Waals surface area contributed by atoms with Crippen LogP contribution in [0.2, 0.25) is 0 Å². The Morgan fingerprint density at radius 2 is 2.27 bits per heavy atom. The Morgan fingerprint density at radius 3 is 2.93 bits per heavy atom. The lowest BCUT2D eigenvalue weighted by molar-refractivity contribution is 0.131. The van der Waals surface area contributed by atoms with E-state index in [1.54, 1.807) is 0 Å². The molecule has 0 fully saturated rings. The van der Waals surface area contributed by atoms with Crippen LogP contribution in [0.4, 0.5) is 0 Å². The van der Waals surface area contributed by atoms with E-state index >= 15 is 0 Å². The molecule has 0 radical (unpaired) electrons. The van der Waals surface area contributed by atoms with Gasteiger partial charge in [0.05, 0.1) is 0 Å². The maximum Gasteiger partial charge on any atom is 0.128 e. The predicted molar refractivity (Wildman–Crippen MR) is 61.2 cm³/mol. The molecule has 2 rings (SSSR count). The molecule has 0 unspecified atom stereocenters. The number of nitrogens with one attached hydrogen (secondary N) is 1. The highest BCUT2D eigenvalue weighted by Gasteiger charge is 2.31. The monoisotopic (exact) mass is 271 g/mol. The molecular formula is C11H14BrNO2. The quantitative estimate of drug-likeness (QED) is 0.813. The average molecular weight is 272 g/mol. The van der Waals surface area contributed by atoms with Crippen LogP contribution in [-0.4, -0.2) is 10.8 Å². The molecule has 0 amide bonds. The van der Waals surface area contributed by atoms with Gasteiger partial charge in [-0.3, -0.25) is 0 Å². The molecule has 1 aliphatic heterocycles. The van der Waals surface area contributed by atoms with Crippen LogP contribution in [0.25, 0.3) is 0 Å². The molecule has 0 saturated heterocycles. The van der Waals surface area contributed by atoms with Gasteiger partial charge in [-0.2, -0.15) is 0 Å². The highest BCUT2D eigenvalue weighted by atomic mass is 79.9. The van der Waals surface area contributed by atoms with Crippen molar-refractivity contribution in [1.29, 1.82) is 0 Å². The van der Waals surface area contributed by atoms with E-state index < -0.39 is 0 Å². The maximum atomic E-state index is 8.75. The van der Waals surface area contributed by atoms with Crippen LogP contribution in [0, 0.1) is 0 Å². The lowest BCUT2D eigenvalue weighted by Gasteiger charge is -2.18. The van der Waals surface area contributed by atoms with Gasteiger partial charge in [-0.15, -0.1) is 0 Å². The lowest BCUT2D eigenvalue weighted by Crippen LogP contribution is -2.25. The first-order chi connectivity index (χ1) is 7.02. The van der Waals surface area contributed by atoms with Crippen molar-refractivity contribution in [3.05, 3.63) is 27.7 Å². The molecule has 2 N–H and O–H groups in total. The molecule has 15 heavy (non-hydrogen) atoms. The first-order valence-electron chi connectivity index (χ1n) is 4.89. The third-order valence-electron chi connectivity index (χ3n) is 2.47. The lowest BCUT2D eigenvalue weighted by atomic mass is 10.0. The minimum atomic E-state index is -0.146. The standard InChI is InChI=1S/C11H14BrNO2/c1-11(2)5-7-3-9(12)4-8(6-13-14)10(7)15-11/h3-4,13-14H,5-6H2,1-2H3. The Balaban J connectivity index is 2.43. The maximum absolute atomic E-state index is 8.75. The number of ether oxygens (including phenoxy) is 1. The Labute approximate surface area is 97.5 Å². The SMILES string of the molecule is CC1(C)Cc2cc(Br)cc(CNO)c2O1. The molecule has 82 valence electrons. The number of hydroxylamine groups is 1. The van der Waals surface area contributed by atoms with Gasteiger partial charge in [0, 0.05) is 23.0 Å². The zero-order chi connectivity index (χ0) is 11.1. The topological polar surface area (TPSA) is 41.5 Å². The van der Waals surface area contributed by atoms with Crippen molar-refractivity contribution in [2.75, 3.05) is 0 Å². The minimum Gasteiger partial charge on any atom is -0.487 e. The van der Waals surface area contributed by atoms with E-state index in [4.69, 9.17) is 9.94 Å². The second-order valence-corrected chi connectivity index (χ2v) is 5.34. The van der Waals surface area contributed by atoms with Gasteiger partial charge in [0.15, 0.2) is 0 Å². The van der Waals surface area contributed by atoms with Crippen molar-refractivity contribution in [3.63, 3.8) is 0 Å². The average Bonchev–Trinajstić information content (AvgIpc) is 2.40. The van der Waals surface area contributed by atoms with Gasteiger partial charge >= 0.3 is 0 Å². The summed E-state index contributed by atoms with van der Waals surface area (Å²) in [5.41, 5.74) is 4.20. The summed E-state index contributed by atoms with van der Waals surface area (Å²) in [6, 6.07) is 4.04. The number of hydrogen-bond acceptors (Lipinski definition) is 3. The van der Waals surface area contributed by atoms with Crippen LogP contribution in [0.3, 0.4) is 0 Å². The highest BCUT2D eigenvalue weighted by Crippen LogP contribution is 2.39. The molecule has 1 heterocycles. The fourth-order valence-corrected chi connectivity index (χ4v) is 2.51. The summed E-state index contributed by atoms with van der Waals surface area (Å²) in [7, 11) is 0. The number of fused-ring (bicyclic) bond motifs is 1. The molecule has 0 saturated carbocycles. The molecule has 4 heteroatoms. The van der Waals surface area contributed by atoms with E-state index in [0.29, 0.717) is 6.54 Å². The van der Waals surface area contributed by atoms with Gasteiger partial charge < -0.3 is 9.94 Å². The summed E-state index contributed by atoms with van der Waals surface area (Å²) in [6.07, 6.45) is 0.903. The highest BCUT2D eigenvalue weighted by molar-refractivity contribution is 9.10. The number of rotatable bonds is 2. The van der Waals surface area contributed by atoms with Gasteiger partial charge in [0.2, 0.25) is 0 Å². The summed E-state index contributed by atoms with van der Waals surface area (Å²) in [6.45, 7) is 4.53. The Morgan fingerprint density at radius 1 is 1.53 bits per heavy atom. The van der Waals surface area contributed by atoms with Crippen molar-refractivity contribution >= 4 is 15.9 Å². The summed E-state index contributed by atoms with van der Waals surface area (Å²) in [5.74, 6) is 0.907. The molecule has 0 spiro atoms. The molecule has 1 aromatic carbocycles. The number of hydrogen-bond donors (Lipinski definition) is 2. The molecule has 0 atom stereocenters. The molecule has 1 aromatic rings. The second-order valence-electron chi connectivity index (χ2n) is 4.43. The van der Waals surface area contributed by atoms with E-state index in [9.17, 15) is 0 Å². The van der Waals surface area contributed by atoms with Crippen LogP contribution in [-0.2, 0) is 13.0 Å². The zero-order valence-electron chi connectivity index (χ0n) is 8.80. The molecule has 0 aliphatic carbocycles. The van der Waals surface area contributed by atoms with Crippen LogP contribution in [0.1, 0.15) is 25.0 Å². The fraction of sp³-hybridized carbons (Fsp3) is 0.455. The first-order valence-corrected chi connectivity index (χ1v) is 5.68. The van der Waals surface area contributed by atoms with E-state index in [1.165, 1.54) is 5.56 Å². The molecule has 0 aromatic heterocycles. The predicted octanol–water partition coefficient (Wildman–Crippen LogP) is 2.64. The summed E-state index contributed by atoms with van der Waals surface area (Å²) < 4.78 is 6.88. The molecular weight excluding hydrogens is 258 g/mol. The van der Waals surface area contributed by atoms with Crippen LogP contribution >= 0.6 is 15.9 Å². The second kappa shape index (κ2) is 3.77. The van der Waals surface area contributed by atoms with Crippen molar-refractivity contribution < 1.29 is 9.94 Å². The Bertz CT molecular complexity index is 390. The van der Waals surface area contributed by atoms with E-state index in [2.05, 4.69) is 41.3 Å². The van der Waals surface area contributed by atoms with Gasteiger partial charge in [-0.1, -0.05) is 15.9 Å². The Hall–Kier alpha value is -0.580. The van der Waals surface area contributed by atoms with E-state index in [0.717, 1.165) is 22.2 Å². The Kier molecular flexibility index (Phi) is 2.75. The minimum absolute atomic E-state index is 0.146. The summed E-state index contributed by atoms with van der Waals surface area (Å²) >= 11 is 3.46. The third-order valence-corrected chi connectivity index (χ3v) is 2.93. The molecule has 3 nitrogen and oxygen atoms in total. The van der Waals surface area contributed by atoms with Crippen LogP contribution in [0.5, 0.6) is 5.75 Å². The van der Waals surface area contributed by atoms with Crippen molar-refractivity contribution in [3.8, 4) is 5.75 Å². The zero-order valence-corrected chi connectivity index (χ0v) is 10.4. The van der Waals surface area contributed by atoms with Crippen molar-refractivity contribution in [2.45, 2.75) is 32.4 Å². The smallest absolute Gasteiger partial charge is 0.128 e. The first kappa shape index (κ1) is 10.9. The number of benzene rings is 1. The van der Waals surface area contributed by atoms with E-state index in [-0.39, 0.29) is 5.60 Å². The normalized spacial score (nSPS) is 17.3. The van der Waals surface area contributed by atoms with Crippen LogP contribution < -0.4 is 10.2 Å². The van der Waals surface area contributed by atoms with Gasteiger partial charge in [0.25, 0.3) is 0 Å². The molecule has 1 aliphatic rings. The van der Waals surface area contributed by atoms with Crippen molar-refractivity contribution in [1.82, 2.24) is 5.48 Å². The van der Waals surface area contributed by atoms with Crippen molar-refractivity contribution in [2.24, 2.45) is 0 Å². The van der Waals surface area contributed by atoms with E-state index in [1.807, 2.05) is 6.07 Å². The van der Waals surface area contributed by atoms with Crippen LogP contribution in [0.15, 0.2) is 16.6 Å². The number of halogens is 1. The van der Waals surface area contributed by atoms with Gasteiger partial charge in [-0.25, -0.2) is 5.48 Å². The molecule has 0 bridgehead atoms. The van der Waals surface area contributed by atoms with Gasteiger partial charge in [0.1, 0.15) is 11.4 Å². The third kappa shape index (κ3) is 2.17. The largest absolute Gasteiger partial charge is 0.487 e. The summed E-state index contributed by atoms with van der Waals surface area (Å²) in [5, 5.41) is 8.75. The fourth-order valence-electron chi connectivity index (χ4n) is 1.96. The van der Waals surface area contributed by atoms with Gasteiger partial charge in [-0.05, 0) is 31.5 Å². The summed E-state index contributed by atoms with van der Waals surface area (Å²) in [4.78, 5) is 0.